The number of hydrogen-bond donors (Lipinski definition) is 1. The summed E-state index contributed by atoms with van der Waals surface area (Å²) in [6, 6.07) is 3.38. The van der Waals surface area contributed by atoms with Gasteiger partial charge in [0.05, 0.1) is 5.37 Å². The van der Waals surface area contributed by atoms with Crippen LogP contribution in [0.3, 0.4) is 0 Å². The largest absolute Gasteiger partial charge is 0.480 e. The van der Waals surface area contributed by atoms with E-state index in [0.29, 0.717) is 17.5 Å². The fourth-order valence-corrected chi connectivity index (χ4v) is 4.38. The van der Waals surface area contributed by atoms with Gasteiger partial charge in [0.25, 0.3) is 5.91 Å². The number of amides is 1. The predicted molar refractivity (Wildman–Crippen MR) is 81.5 cm³/mol. The van der Waals surface area contributed by atoms with Gasteiger partial charge in [-0.1, -0.05) is 6.92 Å². The molecule has 5 nitrogen and oxygen atoms in total. The minimum Gasteiger partial charge on any atom is -0.480 e. The maximum atomic E-state index is 12.9. The summed E-state index contributed by atoms with van der Waals surface area (Å²) < 4.78 is 2.03. The number of thioether (sulfide) groups is 1. The number of rotatable bonds is 4. The van der Waals surface area contributed by atoms with E-state index < -0.39 is 12.0 Å². The highest BCUT2D eigenvalue weighted by Gasteiger charge is 2.42. The fraction of sp³-hybridized carbons (Fsp3) is 0.600. The number of carbonyl (C=O) groups is 2. The minimum absolute atomic E-state index is 0.0386. The van der Waals surface area contributed by atoms with E-state index in [-0.39, 0.29) is 11.3 Å². The normalized spacial score (nSPS) is 25.9. The lowest BCUT2D eigenvalue weighted by molar-refractivity contribution is -0.141. The molecule has 114 valence electrons. The molecular weight excluding hydrogens is 288 g/mol. The fourth-order valence-electron chi connectivity index (χ4n) is 3.03. The molecule has 2 atom stereocenters. The summed E-state index contributed by atoms with van der Waals surface area (Å²) in [5.41, 5.74) is 0.631. The monoisotopic (exact) mass is 308 g/mol. The van der Waals surface area contributed by atoms with Gasteiger partial charge in [0.2, 0.25) is 0 Å². The molecule has 1 aromatic heterocycles. The Bertz CT molecular complexity index is 553. The van der Waals surface area contributed by atoms with Crippen molar-refractivity contribution in [2.75, 3.05) is 5.75 Å². The Hall–Kier alpha value is -1.43. The van der Waals surface area contributed by atoms with Crippen molar-refractivity contribution in [1.82, 2.24) is 9.47 Å². The van der Waals surface area contributed by atoms with Crippen LogP contribution in [-0.2, 0) is 4.79 Å². The van der Waals surface area contributed by atoms with Gasteiger partial charge in [0.15, 0.2) is 0 Å². The first-order valence-corrected chi connectivity index (χ1v) is 8.52. The summed E-state index contributed by atoms with van der Waals surface area (Å²) >= 11 is 1.56. The van der Waals surface area contributed by atoms with Crippen molar-refractivity contribution in [3.05, 3.63) is 24.0 Å². The third-order valence-corrected chi connectivity index (χ3v) is 5.88. The van der Waals surface area contributed by atoms with Crippen LogP contribution in [0, 0.1) is 0 Å². The van der Waals surface area contributed by atoms with Crippen molar-refractivity contribution in [3.8, 4) is 0 Å². The highest BCUT2D eigenvalue weighted by Crippen LogP contribution is 2.36. The first-order chi connectivity index (χ1) is 10.1. The second kappa shape index (κ2) is 5.75. The second-order valence-electron chi connectivity index (χ2n) is 5.65. The molecule has 1 saturated heterocycles. The molecule has 0 spiro atoms. The van der Waals surface area contributed by atoms with Crippen molar-refractivity contribution in [3.63, 3.8) is 0 Å². The molecule has 0 radical (unpaired) electrons. The zero-order chi connectivity index (χ0) is 15.0. The van der Waals surface area contributed by atoms with Gasteiger partial charge in [0, 0.05) is 18.0 Å². The van der Waals surface area contributed by atoms with E-state index in [2.05, 4.69) is 0 Å². The van der Waals surface area contributed by atoms with Crippen molar-refractivity contribution in [2.24, 2.45) is 0 Å². The van der Waals surface area contributed by atoms with Crippen LogP contribution < -0.4 is 0 Å². The summed E-state index contributed by atoms with van der Waals surface area (Å²) in [5.74, 6) is -0.575. The van der Waals surface area contributed by atoms with Crippen LogP contribution in [0.25, 0.3) is 0 Å². The molecule has 1 aliphatic carbocycles. The van der Waals surface area contributed by atoms with E-state index in [4.69, 9.17) is 0 Å². The number of aliphatic carboxylic acids is 1. The molecule has 1 N–H and O–H groups in total. The molecule has 1 aromatic rings. The molecule has 1 amide bonds. The molecule has 2 unspecified atom stereocenters. The van der Waals surface area contributed by atoms with Gasteiger partial charge >= 0.3 is 5.97 Å². The highest BCUT2D eigenvalue weighted by atomic mass is 32.2. The van der Waals surface area contributed by atoms with Gasteiger partial charge < -0.3 is 14.6 Å². The zero-order valence-electron chi connectivity index (χ0n) is 12.1. The van der Waals surface area contributed by atoms with Crippen molar-refractivity contribution in [1.29, 1.82) is 0 Å². The lowest BCUT2D eigenvalue weighted by Crippen LogP contribution is -2.46. The van der Waals surface area contributed by atoms with Gasteiger partial charge in [-0.05, 0) is 37.8 Å². The Morgan fingerprint density at radius 1 is 1.43 bits per heavy atom. The lowest BCUT2D eigenvalue weighted by atomic mass is 9.93. The first-order valence-electron chi connectivity index (χ1n) is 7.47. The van der Waals surface area contributed by atoms with Crippen LogP contribution in [-0.4, -0.2) is 43.6 Å². The second-order valence-corrected chi connectivity index (χ2v) is 6.86. The third kappa shape index (κ3) is 2.46. The van der Waals surface area contributed by atoms with Crippen LogP contribution in [0.1, 0.15) is 49.1 Å². The van der Waals surface area contributed by atoms with Gasteiger partial charge in [-0.15, -0.1) is 11.8 Å². The molecule has 2 fully saturated rings. The number of carbonyl (C=O) groups excluding carboxylic acids is 1. The average molecular weight is 308 g/mol. The minimum atomic E-state index is -0.909. The quantitative estimate of drug-likeness (QED) is 0.928. The highest BCUT2D eigenvalue weighted by molar-refractivity contribution is 8.00. The van der Waals surface area contributed by atoms with Gasteiger partial charge in [-0.25, -0.2) is 4.79 Å². The van der Waals surface area contributed by atoms with Crippen LogP contribution in [0.5, 0.6) is 0 Å². The Balaban J connectivity index is 1.88. The first kappa shape index (κ1) is 14.5. The van der Waals surface area contributed by atoms with E-state index in [1.54, 1.807) is 16.7 Å². The molecule has 1 saturated carbocycles. The summed E-state index contributed by atoms with van der Waals surface area (Å²) in [6.45, 7) is 1.99. The van der Waals surface area contributed by atoms with E-state index in [1.807, 2.05) is 29.8 Å². The summed E-state index contributed by atoms with van der Waals surface area (Å²) in [7, 11) is 0. The topological polar surface area (TPSA) is 62.5 Å². The van der Waals surface area contributed by atoms with Gasteiger partial charge in [-0.2, -0.15) is 0 Å². The van der Waals surface area contributed by atoms with Gasteiger partial charge in [0.1, 0.15) is 11.7 Å². The molecule has 1 aliphatic heterocycles. The molecule has 0 aromatic carbocycles. The van der Waals surface area contributed by atoms with Crippen LogP contribution in [0.15, 0.2) is 18.3 Å². The maximum absolute atomic E-state index is 12.9. The van der Waals surface area contributed by atoms with E-state index >= 15 is 0 Å². The lowest BCUT2D eigenvalue weighted by Gasteiger charge is -2.31. The van der Waals surface area contributed by atoms with E-state index in [9.17, 15) is 14.7 Å². The molecule has 6 heteroatoms. The third-order valence-electron chi connectivity index (χ3n) is 4.43. The molecule has 2 heterocycles. The van der Waals surface area contributed by atoms with Crippen molar-refractivity contribution in [2.45, 2.75) is 50.1 Å². The van der Waals surface area contributed by atoms with Crippen LogP contribution >= 0.6 is 11.8 Å². The predicted octanol–water partition coefficient (Wildman–Crippen LogP) is 2.59. The van der Waals surface area contributed by atoms with E-state index in [1.165, 1.54) is 6.42 Å². The maximum Gasteiger partial charge on any atom is 0.327 e. The van der Waals surface area contributed by atoms with E-state index in [0.717, 1.165) is 19.3 Å². The Morgan fingerprint density at radius 2 is 2.19 bits per heavy atom. The Kier molecular flexibility index (Phi) is 3.97. The molecular formula is C15H20N2O3S. The Labute approximate surface area is 128 Å². The molecule has 2 aliphatic rings. The SMILES string of the molecule is CCC1SCC(C(=O)O)N1C(=O)c1cccn1C1CCC1. The summed E-state index contributed by atoms with van der Waals surface area (Å²) in [5, 5.41) is 9.33. The molecule has 21 heavy (non-hydrogen) atoms. The summed E-state index contributed by atoms with van der Waals surface area (Å²) in [4.78, 5) is 25.9. The molecule has 3 rings (SSSR count). The smallest absolute Gasteiger partial charge is 0.327 e. The number of nitrogens with zero attached hydrogens (tertiary/aromatic N) is 2. The zero-order valence-corrected chi connectivity index (χ0v) is 12.9. The van der Waals surface area contributed by atoms with Crippen molar-refractivity contribution >= 4 is 23.6 Å². The number of hydrogen-bond acceptors (Lipinski definition) is 3. The average Bonchev–Trinajstić information content (AvgIpc) is 3.01. The number of carboxylic acid groups (broad SMARTS) is 1. The van der Waals surface area contributed by atoms with Crippen LogP contribution in [0.4, 0.5) is 0 Å². The van der Waals surface area contributed by atoms with Gasteiger partial charge in [-0.3, -0.25) is 4.79 Å². The molecule has 0 bridgehead atoms. The van der Waals surface area contributed by atoms with Crippen LogP contribution in [0.2, 0.25) is 0 Å². The number of aromatic nitrogens is 1. The Morgan fingerprint density at radius 3 is 2.76 bits per heavy atom. The van der Waals surface area contributed by atoms with Crippen molar-refractivity contribution < 1.29 is 14.7 Å². The standard InChI is InChI=1S/C15H20N2O3S/c1-2-13-17(12(9-21-13)15(19)20)14(18)11-7-4-8-16(11)10-5-3-6-10/h4,7-8,10,12-13H,2-3,5-6,9H2,1H3,(H,19,20). The summed E-state index contributed by atoms with van der Waals surface area (Å²) in [6.07, 6.45) is 6.11. The number of carboxylic acids is 1.